The summed E-state index contributed by atoms with van der Waals surface area (Å²) in [6.07, 6.45) is 3.36. The van der Waals surface area contributed by atoms with Crippen LogP contribution in [0.3, 0.4) is 0 Å². The largest absolute Gasteiger partial charge is 0.493 e. The zero-order chi connectivity index (χ0) is 14.4. The minimum Gasteiger partial charge on any atom is -0.493 e. The van der Waals surface area contributed by atoms with Crippen LogP contribution in [0.5, 0.6) is 5.75 Å². The van der Waals surface area contributed by atoms with E-state index >= 15 is 0 Å². The molecule has 3 atom stereocenters. The molecule has 1 saturated heterocycles. The Morgan fingerprint density at radius 1 is 1.33 bits per heavy atom. The Kier molecular flexibility index (Phi) is 2.96. The van der Waals surface area contributed by atoms with E-state index in [4.69, 9.17) is 9.47 Å². The van der Waals surface area contributed by atoms with Gasteiger partial charge in [-0.25, -0.2) is 0 Å². The van der Waals surface area contributed by atoms with Crippen LogP contribution in [0.2, 0.25) is 0 Å². The Hall–Kier alpha value is -1.55. The Morgan fingerprint density at radius 3 is 2.90 bits per heavy atom. The third-order valence-electron chi connectivity index (χ3n) is 5.28. The van der Waals surface area contributed by atoms with Gasteiger partial charge >= 0.3 is 5.97 Å². The Balaban J connectivity index is 1.63. The molecule has 4 heteroatoms. The normalized spacial score (nSPS) is 34.5. The predicted molar refractivity (Wildman–Crippen MR) is 76.4 cm³/mol. The molecule has 3 aliphatic rings. The minimum atomic E-state index is -0.730. The number of hydrogen-bond acceptors (Lipinski definition) is 3. The van der Waals surface area contributed by atoms with Gasteiger partial charge in [-0.05, 0) is 37.7 Å². The number of hydrogen-bond donors (Lipinski definition) is 1. The lowest BCUT2D eigenvalue weighted by Crippen LogP contribution is -2.41. The van der Waals surface area contributed by atoms with Gasteiger partial charge in [0.2, 0.25) is 0 Å². The topological polar surface area (TPSA) is 55.8 Å². The van der Waals surface area contributed by atoms with Crippen molar-refractivity contribution in [2.45, 2.75) is 37.7 Å². The lowest BCUT2D eigenvalue weighted by Gasteiger charge is -2.32. The van der Waals surface area contributed by atoms with Gasteiger partial charge < -0.3 is 14.6 Å². The molecule has 21 heavy (non-hydrogen) atoms. The molecule has 0 amide bonds. The van der Waals surface area contributed by atoms with Crippen LogP contribution in [0.15, 0.2) is 24.3 Å². The maximum Gasteiger partial charge on any atom is 0.312 e. The average molecular weight is 288 g/mol. The molecule has 3 unspecified atom stereocenters. The smallest absolute Gasteiger partial charge is 0.312 e. The summed E-state index contributed by atoms with van der Waals surface area (Å²) in [4.78, 5) is 12.0. The highest BCUT2D eigenvalue weighted by atomic mass is 16.5. The summed E-state index contributed by atoms with van der Waals surface area (Å²) >= 11 is 0. The Bertz CT molecular complexity index is 566. The molecule has 0 radical (unpaired) electrons. The molecule has 0 aromatic heterocycles. The number of ether oxygens (including phenoxy) is 2. The van der Waals surface area contributed by atoms with E-state index in [-0.39, 0.29) is 12.0 Å². The molecule has 2 aliphatic heterocycles. The second-order valence-electron chi connectivity index (χ2n) is 6.59. The minimum absolute atomic E-state index is 0.109. The number of benzene rings is 1. The van der Waals surface area contributed by atoms with E-state index < -0.39 is 11.4 Å². The number of para-hydroxylation sites is 1. The van der Waals surface area contributed by atoms with Crippen LogP contribution < -0.4 is 4.74 Å². The van der Waals surface area contributed by atoms with Gasteiger partial charge in [0, 0.05) is 18.1 Å². The van der Waals surface area contributed by atoms with Gasteiger partial charge in [-0.3, -0.25) is 4.79 Å². The van der Waals surface area contributed by atoms with Crippen molar-refractivity contribution in [3.05, 3.63) is 29.8 Å². The first-order valence-electron chi connectivity index (χ1n) is 7.77. The average Bonchev–Trinajstić information content (AvgIpc) is 3.11. The summed E-state index contributed by atoms with van der Waals surface area (Å²) in [5, 5.41) is 9.90. The molecule has 1 aliphatic carbocycles. The van der Waals surface area contributed by atoms with Crippen LogP contribution in [0, 0.1) is 11.3 Å². The molecular weight excluding hydrogens is 268 g/mol. The highest BCUT2D eigenvalue weighted by Gasteiger charge is 2.57. The van der Waals surface area contributed by atoms with Crippen LogP contribution in [0.4, 0.5) is 0 Å². The van der Waals surface area contributed by atoms with E-state index in [1.807, 2.05) is 18.2 Å². The highest BCUT2D eigenvalue weighted by Crippen LogP contribution is 2.53. The fourth-order valence-corrected chi connectivity index (χ4v) is 4.03. The number of aliphatic carboxylic acids is 1. The first kappa shape index (κ1) is 13.1. The van der Waals surface area contributed by atoms with E-state index in [1.54, 1.807) is 0 Å². The van der Waals surface area contributed by atoms with Crippen molar-refractivity contribution in [3.8, 4) is 5.75 Å². The standard InChI is InChI=1S/C17H20O4/c18-16(19)17(7-8-20-15(17)11-5-6-11)9-12-10-21-14-4-2-1-3-13(12)14/h1-4,11-12,15H,5-10H2,(H,18,19). The van der Waals surface area contributed by atoms with Crippen LogP contribution in [-0.4, -0.2) is 30.4 Å². The van der Waals surface area contributed by atoms with Crippen molar-refractivity contribution in [2.75, 3.05) is 13.2 Å². The summed E-state index contributed by atoms with van der Waals surface area (Å²) in [7, 11) is 0. The molecule has 112 valence electrons. The monoisotopic (exact) mass is 288 g/mol. The number of carboxylic acids is 1. The number of carbonyl (C=O) groups is 1. The first-order chi connectivity index (χ1) is 10.2. The van der Waals surface area contributed by atoms with Gasteiger partial charge in [0.05, 0.1) is 18.1 Å². The van der Waals surface area contributed by atoms with Crippen LogP contribution in [-0.2, 0) is 9.53 Å². The molecule has 2 fully saturated rings. The highest BCUT2D eigenvalue weighted by molar-refractivity contribution is 5.76. The lowest BCUT2D eigenvalue weighted by molar-refractivity contribution is -0.154. The third kappa shape index (κ3) is 2.04. The molecule has 1 N–H and O–H groups in total. The second-order valence-corrected chi connectivity index (χ2v) is 6.59. The van der Waals surface area contributed by atoms with Gasteiger partial charge in [-0.15, -0.1) is 0 Å². The van der Waals surface area contributed by atoms with Crippen LogP contribution in [0.1, 0.15) is 37.2 Å². The number of fused-ring (bicyclic) bond motifs is 1. The SMILES string of the molecule is O=C(O)C1(CC2COc3ccccc32)CCOC1C1CC1. The fraction of sp³-hybridized carbons (Fsp3) is 0.588. The van der Waals surface area contributed by atoms with Gasteiger partial charge in [-0.2, -0.15) is 0 Å². The van der Waals surface area contributed by atoms with Crippen molar-refractivity contribution >= 4 is 5.97 Å². The summed E-state index contributed by atoms with van der Waals surface area (Å²) in [5.41, 5.74) is 0.423. The Morgan fingerprint density at radius 2 is 2.14 bits per heavy atom. The quantitative estimate of drug-likeness (QED) is 0.925. The van der Waals surface area contributed by atoms with E-state index in [0.717, 1.165) is 24.2 Å². The van der Waals surface area contributed by atoms with Crippen molar-refractivity contribution in [1.82, 2.24) is 0 Å². The molecule has 1 aromatic carbocycles. The molecule has 4 nitrogen and oxygen atoms in total. The number of rotatable bonds is 4. The zero-order valence-corrected chi connectivity index (χ0v) is 12.0. The van der Waals surface area contributed by atoms with E-state index in [0.29, 0.717) is 32.0 Å². The van der Waals surface area contributed by atoms with Gasteiger partial charge in [0.1, 0.15) is 5.75 Å². The Labute approximate surface area is 124 Å². The maximum atomic E-state index is 12.0. The summed E-state index contributed by atoms with van der Waals surface area (Å²) in [6.45, 7) is 1.16. The van der Waals surface area contributed by atoms with Crippen molar-refractivity contribution in [1.29, 1.82) is 0 Å². The molecule has 0 spiro atoms. The fourth-order valence-electron chi connectivity index (χ4n) is 4.03. The van der Waals surface area contributed by atoms with Crippen LogP contribution in [0.25, 0.3) is 0 Å². The van der Waals surface area contributed by atoms with Crippen molar-refractivity contribution < 1.29 is 19.4 Å². The first-order valence-corrected chi connectivity index (χ1v) is 7.77. The van der Waals surface area contributed by atoms with E-state index in [2.05, 4.69) is 6.07 Å². The third-order valence-corrected chi connectivity index (χ3v) is 5.28. The van der Waals surface area contributed by atoms with Crippen molar-refractivity contribution in [2.24, 2.45) is 11.3 Å². The number of carboxylic acid groups (broad SMARTS) is 1. The summed E-state index contributed by atoms with van der Waals surface area (Å²) < 4.78 is 11.6. The molecular formula is C17H20O4. The van der Waals surface area contributed by atoms with Gasteiger partial charge in [0.25, 0.3) is 0 Å². The van der Waals surface area contributed by atoms with E-state index in [1.165, 1.54) is 0 Å². The molecule has 4 rings (SSSR count). The molecule has 2 heterocycles. The zero-order valence-electron chi connectivity index (χ0n) is 12.0. The van der Waals surface area contributed by atoms with E-state index in [9.17, 15) is 9.90 Å². The summed E-state index contributed by atoms with van der Waals surface area (Å²) in [6, 6.07) is 7.98. The molecule has 1 aromatic rings. The molecule has 0 bridgehead atoms. The van der Waals surface area contributed by atoms with Crippen LogP contribution >= 0.6 is 0 Å². The van der Waals surface area contributed by atoms with Gasteiger partial charge in [0.15, 0.2) is 0 Å². The predicted octanol–water partition coefficient (Wildman–Crippen LogP) is 2.82. The lowest BCUT2D eigenvalue weighted by atomic mass is 9.71. The van der Waals surface area contributed by atoms with Gasteiger partial charge in [-0.1, -0.05) is 18.2 Å². The second kappa shape index (κ2) is 4.73. The molecule has 1 saturated carbocycles. The maximum absolute atomic E-state index is 12.0. The summed E-state index contributed by atoms with van der Waals surface area (Å²) in [5.74, 6) is 0.827. The van der Waals surface area contributed by atoms with Crippen molar-refractivity contribution in [3.63, 3.8) is 0 Å².